The Hall–Kier alpha value is -3.52. The smallest absolute Gasteiger partial charge is 0.163 e. The van der Waals surface area contributed by atoms with Crippen molar-refractivity contribution in [3.63, 3.8) is 0 Å². The standard InChI is InChI=1S/C41H51O2/c1-29(18-14-20-31(3)22-24-36-34(6)38(42)26-27-40(36,8)9)16-12-13-17-30(2)19-15-21-32(4)23-25-37-35(7)39(43)28-33(5)41(37,10)11/h12-28,33H,1-11H3/b13-12+,18-14+,19-15+,24-22+,25-23+,29-16+,30-17+,31-20+,32-21+. The van der Waals surface area contributed by atoms with Crippen molar-refractivity contribution in [2.24, 2.45) is 16.7 Å². The van der Waals surface area contributed by atoms with Crippen LogP contribution in [-0.4, -0.2) is 11.6 Å². The first-order valence-corrected chi connectivity index (χ1v) is 15.2. The molecule has 0 saturated carbocycles. The highest BCUT2D eigenvalue weighted by molar-refractivity contribution is 6.05. The number of ketones is 2. The van der Waals surface area contributed by atoms with Crippen LogP contribution in [0.1, 0.15) is 76.2 Å². The van der Waals surface area contributed by atoms with E-state index < -0.39 is 0 Å². The quantitative estimate of drug-likeness (QED) is 0.243. The molecule has 0 bridgehead atoms. The molecule has 2 heteroatoms. The third kappa shape index (κ3) is 10.6. The van der Waals surface area contributed by atoms with Crippen molar-refractivity contribution in [1.29, 1.82) is 0 Å². The van der Waals surface area contributed by atoms with Gasteiger partial charge in [-0.25, -0.2) is 0 Å². The molecule has 0 aromatic carbocycles. The lowest BCUT2D eigenvalue weighted by Crippen LogP contribution is -2.32. The predicted molar refractivity (Wildman–Crippen MR) is 186 cm³/mol. The van der Waals surface area contributed by atoms with E-state index in [9.17, 15) is 9.59 Å². The lowest BCUT2D eigenvalue weighted by molar-refractivity contribution is -0.114. The summed E-state index contributed by atoms with van der Waals surface area (Å²) < 4.78 is 0. The van der Waals surface area contributed by atoms with Crippen LogP contribution in [0.15, 0.2) is 130 Å². The van der Waals surface area contributed by atoms with Gasteiger partial charge in [0.05, 0.1) is 0 Å². The summed E-state index contributed by atoms with van der Waals surface area (Å²) in [5.74, 6) is 0.446. The minimum Gasteiger partial charge on any atom is -0.294 e. The summed E-state index contributed by atoms with van der Waals surface area (Å²) in [6.45, 7) is 22.9. The van der Waals surface area contributed by atoms with E-state index in [-0.39, 0.29) is 28.3 Å². The molecule has 43 heavy (non-hydrogen) atoms. The molecule has 0 amide bonds. The maximum Gasteiger partial charge on any atom is 0.163 e. The van der Waals surface area contributed by atoms with E-state index in [0.717, 1.165) is 44.6 Å². The summed E-state index contributed by atoms with van der Waals surface area (Å²) in [7, 11) is 0. The molecular weight excluding hydrogens is 524 g/mol. The summed E-state index contributed by atoms with van der Waals surface area (Å²) >= 11 is 0. The Balaban J connectivity index is 1.94. The SMILES string of the molecule is CC1=C(/C=C/C(C)=C/C=C/C(C)=C/C=C/C=C(C)/C=C/C=C(C)/C=C/C2=C(C)C(=O)[CH]C(C)C2(C)C)C(C)(C)[CH][CH]C1=O. The highest BCUT2D eigenvalue weighted by Crippen LogP contribution is 2.43. The van der Waals surface area contributed by atoms with Gasteiger partial charge in [0, 0.05) is 12.8 Å². The molecule has 1 atom stereocenters. The van der Waals surface area contributed by atoms with Gasteiger partial charge in [-0.05, 0) is 87.0 Å². The molecule has 0 aromatic rings. The van der Waals surface area contributed by atoms with Gasteiger partial charge in [0.15, 0.2) is 11.6 Å². The normalized spacial score (nSPS) is 23.1. The summed E-state index contributed by atoms with van der Waals surface area (Å²) in [4.78, 5) is 24.4. The fraction of sp³-hybridized carbons (Fsp3) is 0.341. The second kappa shape index (κ2) is 15.8. The highest BCUT2D eigenvalue weighted by Gasteiger charge is 2.37. The lowest BCUT2D eigenvalue weighted by Gasteiger charge is -2.38. The zero-order valence-electron chi connectivity index (χ0n) is 28.2. The van der Waals surface area contributed by atoms with Crippen molar-refractivity contribution in [2.45, 2.75) is 76.2 Å². The minimum atomic E-state index is -0.142. The van der Waals surface area contributed by atoms with Crippen LogP contribution in [-0.2, 0) is 9.59 Å². The molecule has 2 nitrogen and oxygen atoms in total. The Morgan fingerprint density at radius 2 is 1.05 bits per heavy atom. The molecule has 2 aliphatic rings. The number of allylic oxidation sites excluding steroid dienone is 22. The third-order valence-electron chi connectivity index (χ3n) is 8.42. The summed E-state index contributed by atoms with van der Waals surface area (Å²) in [5, 5.41) is 0. The van der Waals surface area contributed by atoms with Gasteiger partial charge in [-0.1, -0.05) is 142 Å². The molecule has 1 unspecified atom stereocenters. The van der Waals surface area contributed by atoms with Gasteiger partial charge in [0.25, 0.3) is 0 Å². The monoisotopic (exact) mass is 575 g/mol. The average molecular weight is 576 g/mol. The molecule has 0 spiro atoms. The number of carbonyl (C=O) groups is 2. The van der Waals surface area contributed by atoms with Crippen LogP contribution in [0.4, 0.5) is 0 Å². The molecule has 0 N–H and O–H groups in total. The van der Waals surface area contributed by atoms with Gasteiger partial charge in [-0.3, -0.25) is 9.59 Å². The van der Waals surface area contributed by atoms with Crippen LogP contribution in [0.2, 0.25) is 0 Å². The van der Waals surface area contributed by atoms with E-state index in [2.05, 4.69) is 135 Å². The highest BCUT2D eigenvalue weighted by atomic mass is 16.1. The predicted octanol–water partition coefficient (Wildman–Crippen LogP) is 10.7. The van der Waals surface area contributed by atoms with Crippen LogP contribution >= 0.6 is 0 Å². The number of hydrogen-bond acceptors (Lipinski definition) is 2. The van der Waals surface area contributed by atoms with Crippen LogP contribution in [0.3, 0.4) is 0 Å². The maximum atomic E-state index is 12.3. The minimum absolute atomic E-state index is 0.0586. The number of carbonyl (C=O) groups excluding carboxylic acids is 2. The topological polar surface area (TPSA) is 34.1 Å². The van der Waals surface area contributed by atoms with Crippen molar-refractivity contribution in [3.8, 4) is 0 Å². The molecule has 227 valence electrons. The van der Waals surface area contributed by atoms with Gasteiger partial charge in [-0.15, -0.1) is 0 Å². The molecule has 0 heterocycles. The Kier molecular flexibility index (Phi) is 13.1. The molecule has 0 saturated heterocycles. The fourth-order valence-electron chi connectivity index (χ4n) is 4.99. The number of rotatable bonds is 10. The third-order valence-corrected chi connectivity index (χ3v) is 8.42. The molecule has 3 radical (unpaired) electrons. The molecule has 0 aliphatic heterocycles. The first-order valence-electron chi connectivity index (χ1n) is 15.2. The van der Waals surface area contributed by atoms with Gasteiger partial charge >= 0.3 is 0 Å². The summed E-state index contributed by atoms with van der Waals surface area (Å²) in [6, 6.07) is 0. The molecule has 0 fully saturated rings. The Morgan fingerprint density at radius 1 is 0.628 bits per heavy atom. The first-order chi connectivity index (χ1) is 20.1. The van der Waals surface area contributed by atoms with Gasteiger partial charge in [0.1, 0.15) is 0 Å². The molecular formula is C41H51O2. The second-order valence-electron chi connectivity index (χ2n) is 13.0. The Labute approximate surface area is 262 Å². The van der Waals surface area contributed by atoms with E-state index >= 15 is 0 Å². The van der Waals surface area contributed by atoms with Gasteiger partial charge in [0.2, 0.25) is 0 Å². The van der Waals surface area contributed by atoms with E-state index in [1.54, 1.807) is 6.42 Å². The molecule has 2 aliphatic carbocycles. The van der Waals surface area contributed by atoms with Crippen LogP contribution in [0.5, 0.6) is 0 Å². The Morgan fingerprint density at radius 3 is 1.56 bits per heavy atom. The Bertz CT molecular complexity index is 1410. The first kappa shape index (κ1) is 35.7. The number of Topliss-reactive ketones (excluding diaryl/α,β-unsaturated/α-hetero) is 2. The molecule has 0 aromatic heterocycles. The van der Waals surface area contributed by atoms with Crippen molar-refractivity contribution >= 4 is 11.6 Å². The number of hydrogen-bond donors (Lipinski definition) is 0. The lowest BCUT2D eigenvalue weighted by atomic mass is 9.66. The maximum absolute atomic E-state index is 12.3. The van der Waals surface area contributed by atoms with Crippen molar-refractivity contribution < 1.29 is 9.59 Å². The van der Waals surface area contributed by atoms with Crippen LogP contribution < -0.4 is 0 Å². The zero-order valence-corrected chi connectivity index (χ0v) is 28.2. The van der Waals surface area contributed by atoms with Gasteiger partial charge in [-0.2, -0.15) is 0 Å². The van der Waals surface area contributed by atoms with E-state index in [4.69, 9.17) is 0 Å². The average Bonchev–Trinajstić information content (AvgIpc) is 2.92. The summed E-state index contributed by atoms with van der Waals surface area (Å²) in [5.41, 5.74) is 8.21. The van der Waals surface area contributed by atoms with Crippen LogP contribution in [0, 0.1) is 36.0 Å². The zero-order chi connectivity index (χ0) is 32.4. The van der Waals surface area contributed by atoms with Crippen molar-refractivity contribution in [3.05, 3.63) is 149 Å². The largest absolute Gasteiger partial charge is 0.294 e. The summed E-state index contributed by atoms with van der Waals surface area (Å²) in [6.07, 6.45) is 34.6. The van der Waals surface area contributed by atoms with Gasteiger partial charge < -0.3 is 0 Å². The van der Waals surface area contributed by atoms with E-state index in [1.807, 2.05) is 38.8 Å². The van der Waals surface area contributed by atoms with E-state index in [1.165, 1.54) is 0 Å². The fourth-order valence-corrected chi connectivity index (χ4v) is 4.99. The molecule has 2 rings (SSSR count). The van der Waals surface area contributed by atoms with Crippen molar-refractivity contribution in [1.82, 2.24) is 0 Å². The van der Waals surface area contributed by atoms with Crippen LogP contribution in [0.25, 0.3) is 0 Å². The van der Waals surface area contributed by atoms with Crippen molar-refractivity contribution in [2.75, 3.05) is 0 Å². The second-order valence-corrected chi connectivity index (χ2v) is 13.0. The van der Waals surface area contributed by atoms with E-state index in [0.29, 0.717) is 0 Å².